The summed E-state index contributed by atoms with van der Waals surface area (Å²) in [6.45, 7) is 2.29. The highest BCUT2D eigenvalue weighted by atomic mass is 16.7. The lowest BCUT2D eigenvalue weighted by atomic mass is 10.2. The normalized spacial score (nSPS) is 17.9. The molecule has 0 saturated heterocycles. The van der Waals surface area contributed by atoms with Gasteiger partial charge >= 0.3 is 0 Å². The summed E-state index contributed by atoms with van der Waals surface area (Å²) in [6, 6.07) is 5.46. The summed E-state index contributed by atoms with van der Waals surface area (Å²) in [6.07, 6.45) is 1.81. The first-order valence-corrected chi connectivity index (χ1v) is 6.18. The van der Waals surface area contributed by atoms with Crippen LogP contribution >= 0.6 is 0 Å². The molecule has 7 nitrogen and oxygen atoms in total. The zero-order chi connectivity index (χ0) is 14.1. The number of fused-ring (bicyclic) bond motifs is 1. The van der Waals surface area contributed by atoms with Gasteiger partial charge in [0, 0.05) is 5.70 Å². The summed E-state index contributed by atoms with van der Waals surface area (Å²) < 4.78 is 5.76. The average Bonchev–Trinajstić information content (AvgIpc) is 2.81. The number of nitrogen functional groups attached to an aromatic ring is 2. The molecule has 2 heterocycles. The second-order valence-corrected chi connectivity index (χ2v) is 4.54. The highest BCUT2D eigenvalue weighted by molar-refractivity contribution is 5.94. The molecule has 1 aromatic heterocycles. The summed E-state index contributed by atoms with van der Waals surface area (Å²) in [5, 5.41) is 0.661. The van der Waals surface area contributed by atoms with Crippen LogP contribution in [0.2, 0.25) is 0 Å². The molecular formula is C13H15N5O2. The van der Waals surface area contributed by atoms with E-state index in [9.17, 15) is 0 Å². The second-order valence-electron chi connectivity index (χ2n) is 4.54. The molecule has 0 radical (unpaired) electrons. The molecule has 0 aliphatic carbocycles. The Morgan fingerprint density at radius 3 is 2.95 bits per heavy atom. The number of hydrogen-bond acceptors (Lipinski definition) is 7. The van der Waals surface area contributed by atoms with Crippen LogP contribution in [-0.4, -0.2) is 22.7 Å². The molecular weight excluding hydrogens is 258 g/mol. The molecule has 1 aromatic carbocycles. The van der Waals surface area contributed by atoms with Gasteiger partial charge in [0.2, 0.25) is 5.95 Å². The minimum atomic E-state index is -0.138. The third kappa shape index (κ3) is 2.30. The minimum absolute atomic E-state index is 0.138. The fourth-order valence-corrected chi connectivity index (χ4v) is 2.09. The van der Waals surface area contributed by atoms with E-state index in [1.54, 1.807) is 0 Å². The van der Waals surface area contributed by atoms with Crippen LogP contribution in [0.25, 0.3) is 10.9 Å². The third-order valence-corrected chi connectivity index (χ3v) is 2.94. The van der Waals surface area contributed by atoms with Crippen LogP contribution in [0.1, 0.15) is 6.92 Å². The summed E-state index contributed by atoms with van der Waals surface area (Å²) in [4.78, 5) is 13.4. The van der Waals surface area contributed by atoms with Crippen LogP contribution < -0.4 is 21.7 Å². The fraction of sp³-hybridized carbons (Fsp3) is 0.231. The topological polar surface area (TPSA) is 108 Å². The second kappa shape index (κ2) is 4.86. The molecule has 1 atom stereocenters. The Bertz CT molecular complexity index is 686. The van der Waals surface area contributed by atoms with Gasteiger partial charge in [-0.25, -0.2) is 4.98 Å². The molecule has 20 heavy (non-hydrogen) atoms. The SMILES string of the molecule is CC1=CC(COc2cccc3nc(N)nc(N)c23)ON1. The lowest BCUT2D eigenvalue weighted by molar-refractivity contribution is 0.0169. The summed E-state index contributed by atoms with van der Waals surface area (Å²) in [5.41, 5.74) is 15.9. The Hall–Kier alpha value is -2.54. The van der Waals surface area contributed by atoms with Crippen molar-refractivity contribution >= 4 is 22.7 Å². The number of nitrogens with zero attached hydrogens (tertiary/aromatic N) is 2. The fourth-order valence-electron chi connectivity index (χ4n) is 2.09. The van der Waals surface area contributed by atoms with Crippen molar-refractivity contribution in [2.75, 3.05) is 18.1 Å². The van der Waals surface area contributed by atoms with Crippen LogP contribution in [0.5, 0.6) is 5.75 Å². The van der Waals surface area contributed by atoms with Gasteiger partial charge in [-0.15, -0.1) is 0 Å². The van der Waals surface area contributed by atoms with E-state index in [0.29, 0.717) is 29.1 Å². The Labute approximate surface area is 115 Å². The number of nitrogens with two attached hydrogens (primary N) is 2. The van der Waals surface area contributed by atoms with Crippen molar-refractivity contribution in [3.8, 4) is 5.75 Å². The van der Waals surface area contributed by atoms with Crippen molar-refractivity contribution in [3.05, 3.63) is 30.0 Å². The number of aromatic nitrogens is 2. The molecule has 1 aliphatic heterocycles. The number of nitrogens with one attached hydrogen (secondary N) is 1. The lowest BCUT2D eigenvalue weighted by Gasteiger charge is -2.12. The lowest BCUT2D eigenvalue weighted by Crippen LogP contribution is -2.19. The Kier molecular flexibility index (Phi) is 3.03. The quantitative estimate of drug-likeness (QED) is 0.764. The van der Waals surface area contributed by atoms with Gasteiger partial charge in [0.25, 0.3) is 0 Å². The maximum atomic E-state index is 5.90. The van der Waals surface area contributed by atoms with E-state index in [2.05, 4.69) is 15.4 Å². The van der Waals surface area contributed by atoms with E-state index in [-0.39, 0.29) is 12.1 Å². The number of hydrogen-bond donors (Lipinski definition) is 3. The van der Waals surface area contributed by atoms with Gasteiger partial charge in [0.1, 0.15) is 24.3 Å². The van der Waals surface area contributed by atoms with Crippen LogP contribution in [-0.2, 0) is 4.84 Å². The molecule has 0 spiro atoms. The highest BCUT2D eigenvalue weighted by Crippen LogP contribution is 2.29. The van der Waals surface area contributed by atoms with Gasteiger partial charge in [-0.3, -0.25) is 10.3 Å². The van der Waals surface area contributed by atoms with Crippen molar-refractivity contribution in [2.45, 2.75) is 13.0 Å². The van der Waals surface area contributed by atoms with Crippen LogP contribution in [0.4, 0.5) is 11.8 Å². The Morgan fingerprint density at radius 2 is 2.20 bits per heavy atom. The molecule has 3 rings (SSSR count). The number of allylic oxidation sites excluding steroid dienone is 1. The van der Waals surface area contributed by atoms with E-state index in [1.165, 1.54) is 0 Å². The predicted molar refractivity (Wildman–Crippen MR) is 75.6 cm³/mol. The van der Waals surface area contributed by atoms with Crippen LogP contribution in [0.3, 0.4) is 0 Å². The average molecular weight is 273 g/mol. The summed E-state index contributed by atoms with van der Waals surface area (Å²) in [7, 11) is 0. The maximum absolute atomic E-state index is 5.90. The van der Waals surface area contributed by atoms with Crippen molar-refractivity contribution in [2.24, 2.45) is 0 Å². The molecule has 104 valence electrons. The molecule has 0 bridgehead atoms. The molecule has 1 unspecified atom stereocenters. The number of benzene rings is 1. The molecule has 0 amide bonds. The molecule has 1 aliphatic rings. The van der Waals surface area contributed by atoms with Gasteiger partial charge in [-0.1, -0.05) is 6.07 Å². The molecule has 2 aromatic rings. The van der Waals surface area contributed by atoms with Gasteiger partial charge in [0.05, 0.1) is 10.9 Å². The monoisotopic (exact) mass is 273 g/mol. The van der Waals surface area contributed by atoms with Crippen molar-refractivity contribution < 1.29 is 9.57 Å². The molecule has 0 saturated carbocycles. The van der Waals surface area contributed by atoms with Gasteiger partial charge in [-0.2, -0.15) is 4.98 Å². The van der Waals surface area contributed by atoms with Gasteiger partial charge in [-0.05, 0) is 25.1 Å². The Balaban J connectivity index is 1.88. The minimum Gasteiger partial charge on any atom is -0.490 e. The number of anilines is 2. The maximum Gasteiger partial charge on any atom is 0.222 e. The van der Waals surface area contributed by atoms with E-state index in [1.807, 2.05) is 31.2 Å². The zero-order valence-electron chi connectivity index (χ0n) is 11.0. The van der Waals surface area contributed by atoms with Crippen molar-refractivity contribution in [1.29, 1.82) is 0 Å². The first-order chi connectivity index (χ1) is 9.63. The molecule has 5 N–H and O–H groups in total. The first kappa shape index (κ1) is 12.5. The van der Waals surface area contributed by atoms with Crippen LogP contribution in [0.15, 0.2) is 30.0 Å². The Morgan fingerprint density at radius 1 is 1.35 bits per heavy atom. The van der Waals surface area contributed by atoms with E-state index in [0.717, 1.165) is 5.70 Å². The van der Waals surface area contributed by atoms with Crippen molar-refractivity contribution in [3.63, 3.8) is 0 Å². The van der Waals surface area contributed by atoms with E-state index < -0.39 is 0 Å². The summed E-state index contributed by atoms with van der Waals surface area (Å²) >= 11 is 0. The summed E-state index contributed by atoms with van der Waals surface area (Å²) in [5.74, 6) is 1.07. The number of rotatable bonds is 3. The number of ether oxygens (including phenoxy) is 1. The smallest absolute Gasteiger partial charge is 0.222 e. The third-order valence-electron chi connectivity index (χ3n) is 2.94. The molecule has 7 heteroatoms. The van der Waals surface area contributed by atoms with E-state index in [4.69, 9.17) is 21.0 Å². The van der Waals surface area contributed by atoms with Gasteiger partial charge in [0.15, 0.2) is 0 Å². The number of hydroxylamine groups is 1. The standard InChI is InChI=1S/C13H15N5O2/c1-7-5-8(20-18-7)6-19-10-4-2-3-9-11(10)12(14)17-13(15)16-9/h2-5,8,18H,6H2,1H3,(H4,14,15,16,17). The van der Waals surface area contributed by atoms with Crippen LogP contribution in [0, 0.1) is 0 Å². The zero-order valence-corrected chi connectivity index (χ0v) is 11.0. The van der Waals surface area contributed by atoms with Crippen molar-refractivity contribution in [1.82, 2.24) is 15.4 Å². The largest absolute Gasteiger partial charge is 0.490 e. The predicted octanol–water partition coefficient (Wildman–Crippen LogP) is 0.980. The van der Waals surface area contributed by atoms with E-state index >= 15 is 0 Å². The first-order valence-electron chi connectivity index (χ1n) is 6.18. The molecule has 0 fully saturated rings. The van der Waals surface area contributed by atoms with Gasteiger partial charge < -0.3 is 16.2 Å². The highest BCUT2D eigenvalue weighted by Gasteiger charge is 2.16.